The summed E-state index contributed by atoms with van der Waals surface area (Å²) in [5.41, 5.74) is 2.59. The second kappa shape index (κ2) is 7.31. The molecular formula is C16H17N5O2S. The number of nitrogens with one attached hydrogen (secondary N) is 1. The van der Waals surface area contributed by atoms with Gasteiger partial charge < -0.3 is 9.73 Å². The first-order chi connectivity index (χ1) is 11.7. The molecule has 8 heteroatoms. The first-order valence-electron chi connectivity index (χ1n) is 7.50. The van der Waals surface area contributed by atoms with Crippen LogP contribution in [0.4, 0.5) is 5.69 Å². The molecule has 1 N–H and O–H groups in total. The molecule has 0 unspecified atom stereocenters. The second-order valence-electron chi connectivity index (χ2n) is 5.11. The van der Waals surface area contributed by atoms with Gasteiger partial charge in [-0.25, -0.2) is 0 Å². The summed E-state index contributed by atoms with van der Waals surface area (Å²) < 4.78 is 7.34. The first kappa shape index (κ1) is 16.3. The van der Waals surface area contributed by atoms with E-state index >= 15 is 0 Å². The van der Waals surface area contributed by atoms with Crippen molar-refractivity contribution in [3.63, 3.8) is 0 Å². The first-order valence-corrected chi connectivity index (χ1v) is 8.49. The second-order valence-corrected chi connectivity index (χ2v) is 6.04. The van der Waals surface area contributed by atoms with Crippen molar-refractivity contribution in [2.24, 2.45) is 0 Å². The number of amides is 1. The number of aryl methyl sites for hydroxylation is 2. The lowest BCUT2D eigenvalue weighted by atomic mass is 10.2. The molecule has 0 aliphatic carbocycles. The molecule has 1 aromatic carbocycles. The Morgan fingerprint density at radius 2 is 2.17 bits per heavy atom. The Balaban J connectivity index is 1.57. The van der Waals surface area contributed by atoms with Crippen molar-refractivity contribution >= 4 is 23.4 Å². The van der Waals surface area contributed by atoms with E-state index < -0.39 is 0 Å². The monoisotopic (exact) mass is 343 g/mol. The van der Waals surface area contributed by atoms with Gasteiger partial charge in [0.2, 0.25) is 5.91 Å². The van der Waals surface area contributed by atoms with Crippen LogP contribution in [0.3, 0.4) is 0 Å². The molecule has 2 aromatic heterocycles. The number of carbonyl (C=O) groups is 1. The average Bonchev–Trinajstić information content (AvgIpc) is 3.24. The van der Waals surface area contributed by atoms with Crippen molar-refractivity contribution in [2.45, 2.75) is 25.6 Å². The summed E-state index contributed by atoms with van der Waals surface area (Å²) in [6, 6.07) is 7.63. The zero-order chi connectivity index (χ0) is 16.9. The van der Waals surface area contributed by atoms with E-state index in [4.69, 9.17) is 4.42 Å². The molecule has 0 aliphatic rings. The number of carbonyl (C=O) groups excluding carboxylic acids is 1. The maximum atomic E-state index is 12.0. The van der Waals surface area contributed by atoms with E-state index in [1.807, 2.05) is 44.3 Å². The maximum Gasteiger partial charge on any atom is 0.277 e. The van der Waals surface area contributed by atoms with Crippen LogP contribution in [-0.4, -0.2) is 31.6 Å². The van der Waals surface area contributed by atoms with Gasteiger partial charge in [0.1, 0.15) is 0 Å². The predicted octanol–water partition coefficient (Wildman–Crippen LogP) is 2.99. The van der Waals surface area contributed by atoms with E-state index in [0.29, 0.717) is 11.1 Å². The van der Waals surface area contributed by atoms with Gasteiger partial charge >= 0.3 is 0 Å². The number of aromatic nitrogens is 4. The summed E-state index contributed by atoms with van der Waals surface area (Å²) >= 11 is 1.20. The zero-order valence-electron chi connectivity index (χ0n) is 13.4. The highest BCUT2D eigenvalue weighted by atomic mass is 32.2. The van der Waals surface area contributed by atoms with Crippen LogP contribution in [0.2, 0.25) is 0 Å². The van der Waals surface area contributed by atoms with Crippen molar-refractivity contribution in [1.29, 1.82) is 0 Å². The van der Waals surface area contributed by atoms with Crippen molar-refractivity contribution < 1.29 is 9.21 Å². The number of nitrogens with zero attached hydrogens (tertiary/aromatic N) is 4. The number of para-hydroxylation sites is 1. The lowest BCUT2D eigenvalue weighted by molar-refractivity contribution is -0.113. The average molecular weight is 343 g/mol. The van der Waals surface area contributed by atoms with Crippen LogP contribution in [0.25, 0.3) is 11.5 Å². The van der Waals surface area contributed by atoms with Crippen molar-refractivity contribution in [3.05, 3.63) is 42.2 Å². The highest BCUT2D eigenvalue weighted by molar-refractivity contribution is 7.99. The molecule has 0 bridgehead atoms. The highest BCUT2D eigenvalue weighted by Crippen LogP contribution is 2.23. The molecule has 24 heavy (non-hydrogen) atoms. The molecule has 0 aliphatic heterocycles. The number of anilines is 1. The third-order valence-electron chi connectivity index (χ3n) is 3.36. The Morgan fingerprint density at radius 1 is 1.33 bits per heavy atom. The Hall–Kier alpha value is -2.61. The molecule has 0 spiro atoms. The maximum absolute atomic E-state index is 12.0. The molecule has 7 nitrogen and oxygen atoms in total. The van der Waals surface area contributed by atoms with Gasteiger partial charge in [-0.15, -0.1) is 10.2 Å². The summed E-state index contributed by atoms with van der Waals surface area (Å²) in [7, 11) is 0. The van der Waals surface area contributed by atoms with E-state index in [0.717, 1.165) is 23.4 Å². The number of hydrogen-bond donors (Lipinski definition) is 1. The molecule has 2 heterocycles. The Kier molecular flexibility index (Phi) is 4.95. The smallest absolute Gasteiger partial charge is 0.277 e. The molecule has 3 rings (SSSR count). The van der Waals surface area contributed by atoms with Gasteiger partial charge in [0.15, 0.2) is 0 Å². The molecular weight excluding hydrogens is 326 g/mol. The number of hydrogen-bond acceptors (Lipinski definition) is 6. The van der Waals surface area contributed by atoms with Crippen LogP contribution in [0.5, 0.6) is 0 Å². The predicted molar refractivity (Wildman–Crippen MR) is 91.7 cm³/mol. The normalized spacial score (nSPS) is 10.8. The van der Waals surface area contributed by atoms with Gasteiger partial charge in [0, 0.05) is 18.4 Å². The third-order valence-corrected chi connectivity index (χ3v) is 4.18. The van der Waals surface area contributed by atoms with Gasteiger partial charge in [0.05, 0.1) is 17.5 Å². The van der Waals surface area contributed by atoms with E-state index in [2.05, 4.69) is 20.6 Å². The Bertz CT molecular complexity index is 842. The van der Waals surface area contributed by atoms with Crippen LogP contribution in [0.15, 0.2) is 46.3 Å². The van der Waals surface area contributed by atoms with E-state index in [1.165, 1.54) is 11.8 Å². The van der Waals surface area contributed by atoms with E-state index in [9.17, 15) is 4.79 Å². The fourth-order valence-electron chi connectivity index (χ4n) is 2.06. The fraction of sp³-hybridized carbons (Fsp3) is 0.250. The van der Waals surface area contributed by atoms with Crippen LogP contribution in [-0.2, 0) is 11.3 Å². The lowest BCUT2D eigenvalue weighted by Crippen LogP contribution is -2.14. The zero-order valence-corrected chi connectivity index (χ0v) is 14.2. The van der Waals surface area contributed by atoms with Crippen LogP contribution >= 0.6 is 11.8 Å². The summed E-state index contributed by atoms with van der Waals surface area (Å²) in [6.07, 6.45) is 3.52. The molecule has 0 atom stereocenters. The molecule has 3 aromatic rings. The van der Waals surface area contributed by atoms with Crippen LogP contribution in [0, 0.1) is 6.92 Å². The van der Waals surface area contributed by atoms with Gasteiger partial charge in [-0.1, -0.05) is 30.0 Å². The topological polar surface area (TPSA) is 85.8 Å². The number of thioether (sulfide) groups is 1. The SMILES string of the molecule is CCn1cc(-c2nnc(SCC(=O)Nc3ccccc3C)o2)cn1. The van der Waals surface area contributed by atoms with Crippen LogP contribution < -0.4 is 5.32 Å². The van der Waals surface area contributed by atoms with Crippen molar-refractivity contribution in [2.75, 3.05) is 11.1 Å². The molecule has 0 saturated heterocycles. The molecule has 0 saturated carbocycles. The summed E-state index contributed by atoms with van der Waals surface area (Å²) in [5, 5.41) is 15.3. The number of rotatable bonds is 6. The Morgan fingerprint density at radius 3 is 2.92 bits per heavy atom. The molecule has 1 amide bonds. The minimum Gasteiger partial charge on any atom is -0.411 e. The van der Waals surface area contributed by atoms with Crippen molar-refractivity contribution in [1.82, 2.24) is 20.0 Å². The standard InChI is InChI=1S/C16H17N5O2S/c1-3-21-9-12(8-17-21)15-19-20-16(23-15)24-10-14(22)18-13-7-5-4-6-11(13)2/h4-9H,3,10H2,1-2H3,(H,18,22). The van der Waals surface area contributed by atoms with Gasteiger partial charge in [-0.2, -0.15) is 5.10 Å². The summed E-state index contributed by atoms with van der Waals surface area (Å²) in [6.45, 7) is 4.72. The largest absolute Gasteiger partial charge is 0.411 e. The lowest BCUT2D eigenvalue weighted by Gasteiger charge is -2.06. The third kappa shape index (κ3) is 3.83. The molecule has 124 valence electrons. The number of benzene rings is 1. The minimum atomic E-state index is -0.118. The van der Waals surface area contributed by atoms with Crippen LogP contribution in [0.1, 0.15) is 12.5 Å². The van der Waals surface area contributed by atoms with E-state index in [1.54, 1.807) is 10.9 Å². The quantitative estimate of drug-likeness (QED) is 0.693. The van der Waals surface area contributed by atoms with Gasteiger partial charge in [0.25, 0.3) is 11.1 Å². The summed E-state index contributed by atoms with van der Waals surface area (Å²) in [4.78, 5) is 12.0. The Labute approximate surface area is 143 Å². The van der Waals surface area contributed by atoms with Crippen molar-refractivity contribution in [3.8, 4) is 11.5 Å². The minimum absolute atomic E-state index is 0.118. The fourth-order valence-corrected chi connectivity index (χ4v) is 2.62. The van der Waals surface area contributed by atoms with Gasteiger partial charge in [-0.3, -0.25) is 9.48 Å². The summed E-state index contributed by atoms with van der Waals surface area (Å²) in [5.74, 6) is 0.480. The molecule has 0 fully saturated rings. The van der Waals surface area contributed by atoms with E-state index in [-0.39, 0.29) is 11.7 Å². The molecule has 0 radical (unpaired) electrons. The highest BCUT2D eigenvalue weighted by Gasteiger charge is 2.13. The van der Waals surface area contributed by atoms with Gasteiger partial charge in [-0.05, 0) is 25.5 Å².